The number of nitrogens with one attached hydrogen (secondary N) is 1. The molecule has 0 aliphatic rings. The Balaban J connectivity index is 2.46. The highest BCUT2D eigenvalue weighted by Crippen LogP contribution is 2.29. The van der Waals surface area contributed by atoms with Gasteiger partial charge in [0.25, 0.3) is 5.78 Å². The standard InChI is InChI=1S/C11H12F3N5O2/c1-2-3-6(9(20)21)17-8-4-7(11(12,13)14)18-10-15-5-16-19(8)10/h4-6,17H,2-3H2,1H3,(H,20,21). The van der Waals surface area contributed by atoms with Crippen molar-refractivity contribution in [3.8, 4) is 0 Å². The van der Waals surface area contributed by atoms with Crippen molar-refractivity contribution in [1.82, 2.24) is 19.6 Å². The maximum absolute atomic E-state index is 12.8. The van der Waals surface area contributed by atoms with Crippen LogP contribution in [0.3, 0.4) is 0 Å². The first-order valence-corrected chi connectivity index (χ1v) is 6.10. The van der Waals surface area contributed by atoms with E-state index < -0.39 is 23.9 Å². The summed E-state index contributed by atoms with van der Waals surface area (Å²) in [5.41, 5.74) is -1.16. The Bertz CT molecular complexity index is 655. The number of hydrogen-bond donors (Lipinski definition) is 2. The molecule has 0 amide bonds. The van der Waals surface area contributed by atoms with Gasteiger partial charge in [-0.1, -0.05) is 13.3 Å². The molecule has 2 aromatic heterocycles. The quantitative estimate of drug-likeness (QED) is 0.875. The maximum Gasteiger partial charge on any atom is 0.433 e. The monoisotopic (exact) mass is 303 g/mol. The zero-order valence-corrected chi connectivity index (χ0v) is 10.9. The van der Waals surface area contributed by atoms with E-state index in [0.717, 1.165) is 10.8 Å². The molecule has 0 aromatic carbocycles. The molecule has 2 aromatic rings. The Morgan fingerprint density at radius 1 is 1.52 bits per heavy atom. The summed E-state index contributed by atoms with van der Waals surface area (Å²) in [7, 11) is 0. The highest BCUT2D eigenvalue weighted by atomic mass is 19.4. The largest absolute Gasteiger partial charge is 0.480 e. The van der Waals surface area contributed by atoms with Crippen molar-refractivity contribution in [3.05, 3.63) is 18.1 Å². The number of aromatic nitrogens is 4. The summed E-state index contributed by atoms with van der Waals surface area (Å²) in [5.74, 6) is -1.53. The van der Waals surface area contributed by atoms with Crippen LogP contribution in [0.4, 0.5) is 19.0 Å². The van der Waals surface area contributed by atoms with Crippen LogP contribution in [0, 0.1) is 0 Å². The van der Waals surface area contributed by atoms with Crippen molar-refractivity contribution < 1.29 is 23.1 Å². The molecule has 0 saturated heterocycles. The van der Waals surface area contributed by atoms with Gasteiger partial charge in [-0.15, -0.1) is 0 Å². The molecule has 7 nitrogen and oxygen atoms in total. The van der Waals surface area contributed by atoms with E-state index in [1.54, 1.807) is 6.92 Å². The molecule has 0 fully saturated rings. The van der Waals surface area contributed by atoms with Gasteiger partial charge in [0.2, 0.25) is 0 Å². The van der Waals surface area contributed by atoms with Crippen LogP contribution in [0.2, 0.25) is 0 Å². The number of nitrogens with zero attached hydrogens (tertiary/aromatic N) is 4. The molecule has 1 atom stereocenters. The molecular formula is C11H12F3N5O2. The van der Waals surface area contributed by atoms with Crippen LogP contribution in [-0.2, 0) is 11.0 Å². The Hall–Kier alpha value is -2.39. The van der Waals surface area contributed by atoms with Crippen LogP contribution >= 0.6 is 0 Å². The summed E-state index contributed by atoms with van der Waals surface area (Å²) in [6.07, 6.45) is -2.80. The first kappa shape index (κ1) is 15.0. The molecule has 21 heavy (non-hydrogen) atoms. The summed E-state index contributed by atoms with van der Waals surface area (Å²) in [6.45, 7) is 1.77. The number of fused-ring (bicyclic) bond motifs is 1. The lowest BCUT2D eigenvalue weighted by Gasteiger charge is -2.16. The molecule has 0 aliphatic heterocycles. The molecule has 0 radical (unpaired) electrons. The molecular weight excluding hydrogens is 291 g/mol. The van der Waals surface area contributed by atoms with Gasteiger partial charge in [0, 0.05) is 6.07 Å². The normalized spacial score (nSPS) is 13.3. The number of halogens is 3. The highest BCUT2D eigenvalue weighted by molar-refractivity contribution is 5.77. The molecule has 0 spiro atoms. The van der Waals surface area contributed by atoms with Crippen molar-refractivity contribution in [2.45, 2.75) is 32.0 Å². The lowest BCUT2D eigenvalue weighted by Crippen LogP contribution is -2.30. The second-order valence-electron chi connectivity index (χ2n) is 4.32. The zero-order valence-electron chi connectivity index (χ0n) is 10.9. The third-order valence-electron chi connectivity index (χ3n) is 2.74. The third kappa shape index (κ3) is 3.20. The van der Waals surface area contributed by atoms with Crippen molar-refractivity contribution >= 4 is 17.6 Å². The van der Waals surface area contributed by atoms with E-state index >= 15 is 0 Å². The molecule has 1 unspecified atom stereocenters. The second kappa shape index (κ2) is 5.54. The van der Waals surface area contributed by atoms with Gasteiger partial charge >= 0.3 is 12.1 Å². The van der Waals surface area contributed by atoms with Gasteiger partial charge in [0.1, 0.15) is 18.2 Å². The van der Waals surface area contributed by atoms with Crippen LogP contribution in [0.25, 0.3) is 5.78 Å². The Morgan fingerprint density at radius 3 is 2.81 bits per heavy atom. The van der Waals surface area contributed by atoms with Gasteiger partial charge < -0.3 is 10.4 Å². The van der Waals surface area contributed by atoms with E-state index in [-0.39, 0.29) is 18.0 Å². The van der Waals surface area contributed by atoms with E-state index in [0.29, 0.717) is 12.5 Å². The van der Waals surface area contributed by atoms with Crippen LogP contribution in [0.15, 0.2) is 12.4 Å². The molecule has 0 saturated carbocycles. The number of aliphatic carboxylic acids is 1. The summed E-state index contributed by atoms with van der Waals surface area (Å²) >= 11 is 0. The van der Waals surface area contributed by atoms with Gasteiger partial charge in [-0.3, -0.25) is 0 Å². The van der Waals surface area contributed by atoms with Gasteiger partial charge in [-0.2, -0.15) is 27.8 Å². The fourth-order valence-electron chi connectivity index (χ4n) is 1.78. The van der Waals surface area contributed by atoms with Crippen molar-refractivity contribution in [2.75, 3.05) is 5.32 Å². The first-order valence-electron chi connectivity index (χ1n) is 6.10. The summed E-state index contributed by atoms with van der Waals surface area (Å²) < 4.78 is 39.4. The fraction of sp³-hybridized carbons (Fsp3) is 0.455. The summed E-state index contributed by atoms with van der Waals surface area (Å²) in [5, 5.41) is 15.3. The summed E-state index contributed by atoms with van der Waals surface area (Å²) in [6, 6.07) is -0.307. The van der Waals surface area contributed by atoms with Crippen molar-refractivity contribution in [2.24, 2.45) is 0 Å². The summed E-state index contributed by atoms with van der Waals surface area (Å²) in [4.78, 5) is 18.1. The topological polar surface area (TPSA) is 92.4 Å². The van der Waals surface area contributed by atoms with E-state index in [9.17, 15) is 18.0 Å². The zero-order chi connectivity index (χ0) is 15.6. The molecule has 2 rings (SSSR count). The molecule has 114 valence electrons. The third-order valence-corrected chi connectivity index (χ3v) is 2.74. The average Bonchev–Trinajstić information content (AvgIpc) is 2.85. The lowest BCUT2D eigenvalue weighted by molar-refractivity contribution is -0.141. The van der Waals surface area contributed by atoms with E-state index in [1.165, 1.54) is 0 Å². The Labute approximate surface area is 116 Å². The number of hydrogen-bond acceptors (Lipinski definition) is 5. The molecule has 2 N–H and O–H groups in total. The van der Waals surface area contributed by atoms with Crippen LogP contribution < -0.4 is 5.32 Å². The number of carboxylic acids is 1. The number of alkyl halides is 3. The Morgan fingerprint density at radius 2 is 2.24 bits per heavy atom. The number of rotatable bonds is 5. The minimum absolute atomic E-state index is 0.120. The van der Waals surface area contributed by atoms with Crippen molar-refractivity contribution in [3.63, 3.8) is 0 Å². The van der Waals surface area contributed by atoms with Crippen molar-refractivity contribution in [1.29, 1.82) is 0 Å². The average molecular weight is 303 g/mol. The SMILES string of the molecule is CCCC(Nc1cc(C(F)(F)F)nc2ncnn12)C(=O)O. The first-order chi connectivity index (χ1) is 9.82. The van der Waals surface area contributed by atoms with Gasteiger partial charge in [0.05, 0.1) is 0 Å². The molecule has 2 heterocycles. The van der Waals surface area contributed by atoms with E-state index in [2.05, 4.69) is 20.4 Å². The smallest absolute Gasteiger partial charge is 0.433 e. The Kier molecular flexibility index (Phi) is 3.96. The molecule has 0 bridgehead atoms. The van der Waals surface area contributed by atoms with Crippen LogP contribution in [0.5, 0.6) is 0 Å². The minimum atomic E-state index is -4.66. The number of carboxylic acid groups (broad SMARTS) is 1. The lowest BCUT2D eigenvalue weighted by atomic mass is 10.1. The van der Waals surface area contributed by atoms with Gasteiger partial charge in [-0.05, 0) is 6.42 Å². The van der Waals surface area contributed by atoms with Gasteiger partial charge in [0.15, 0.2) is 5.69 Å². The highest BCUT2D eigenvalue weighted by Gasteiger charge is 2.34. The predicted molar refractivity (Wildman–Crippen MR) is 65.7 cm³/mol. The number of carbonyl (C=O) groups is 1. The van der Waals surface area contributed by atoms with E-state index in [4.69, 9.17) is 5.11 Å². The van der Waals surface area contributed by atoms with Crippen LogP contribution in [-0.4, -0.2) is 36.7 Å². The number of anilines is 1. The fourth-order valence-corrected chi connectivity index (χ4v) is 1.78. The van der Waals surface area contributed by atoms with E-state index in [1.807, 2.05) is 0 Å². The van der Waals surface area contributed by atoms with Gasteiger partial charge in [-0.25, -0.2) is 9.78 Å². The second-order valence-corrected chi connectivity index (χ2v) is 4.32. The minimum Gasteiger partial charge on any atom is -0.480 e. The predicted octanol–water partition coefficient (Wildman–Crippen LogP) is 1.81. The molecule has 10 heteroatoms. The maximum atomic E-state index is 12.8. The molecule has 0 aliphatic carbocycles. The van der Waals surface area contributed by atoms with Crippen LogP contribution in [0.1, 0.15) is 25.5 Å².